The summed E-state index contributed by atoms with van der Waals surface area (Å²) in [4.78, 5) is 37.3. The highest BCUT2D eigenvalue weighted by Gasteiger charge is 2.33. The van der Waals surface area contributed by atoms with Crippen LogP contribution in [0, 0.1) is 0 Å². The molecule has 1 atom stereocenters. The zero-order valence-electron chi connectivity index (χ0n) is 22.1. The molecule has 1 unspecified atom stereocenters. The molecule has 1 N–H and O–H groups in total. The Morgan fingerprint density at radius 3 is 2.27 bits per heavy atom. The van der Waals surface area contributed by atoms with Gasteiger partial charge in [-0.2, -0.15) is 0 Å². The molecule has 4 aliphatic rings. The normalized spacial score (nSPS) is 24.3. The van der Waals surface area contributed by atoms with Crippen LogP contribution in [0.2, 0.25) is 0 Å². The molecule has 0 bridgehead atoms. The monoisotopic (exact) mass is 549 g/mol. The molecule has 5 rings (SSSR count). The first-order valence-corrected chi connectivity index (χ1v) is 16.3. The van der Waals surface area contributed by atoms with Crippen LogP contribution in [-0.4, -0.2) is 94.9 Å². The smallest absolute Gasteiger partial charge is 0.324 e. The van der Waals surface area contributed by atoms with Crippen molar-refractivity contribution in [2.24, 2.45) is 0 Å². The molecule has 0 spiro atoms. The summed E-state index contributed by atoms with van der Waals surface area (Å²) in [5, 5.41) is 3.75. The summed E-state index contributed by atoms with van der Waals surface area (Å²) >= 11 is 3.01. The van der Waals surface area contributed by atoms with Crippen molar-refractivity contribution >= 4 is 40.2 Å². The number of thiazole rings is 1. The Bertz CT molecular complexity index is 855. The van der Waals surface area contributed by atoms with Gasteiger partial charge in [0, 0.05) is 51.4 Å². The van der Waals surface area contributed by atoms with E-state index in [1.807, 2.05) is 4.90 Å². The van der Waals surface area contributed by atoms with Crippen molar-refractivity contribution in [2.75, 3.05) is 50.4 Å². The molecular formula is C27H43N5O3S2. The van der Waals surface area contributed by atoms with Crippen LogP contribution in [-0.2, 0) is 9.53 Å². The Morgan fingerprint density at radius 1 is 0.973 bits per heavy atom. The molecule has 4 fully saturated rings. The summed E-state index contributed by atoms with van der Waals surface area (Å²) in [6.45, 7) is 5.30. The van der Waals surface area contributed by atoms with Crippen molar-refractivity contribution < 1.29 is 14.3 Å². The SMILES string of the molecule is O=C(CSc1cnc(NC(=O)N(C2CCCCC2)C2CCCCC2)s1)N1CCN(CC2CCCO2)CC1. The van der Waals surface area contributed by atoms with E-state index in [1.54, 1.807) is 6.20 Å². The Labute approximate surface area is 229 Å². The van der Waals surface area contributed by atoms with Crippen LogP contribution in [0.15, 0.2) is 10.4 Å². The summed E-state index contributed by atoms with van der Waals surface area (Å²) in [6.07, 6.45) is 16.4. The number of nitrogens with one attached hydrogen (secondary N) is 1. The van der Waals surface area contributed by atoms with E-state index in [0.29, 0.717) is 29.1 Å². The lowest BCUT2D eigenvalue weighted by molar-refractivity contribution is -0.130. The van der Waals surface area contributed by atoms with Crippen LogP contribution in [0.25, 0.3) is 0 Å². The van der Waals surface area contributed by atoms with Gasteiger partial charge in [-0.1, -0.05) is 49.9 Å². The van der Waals surface area contributed by atoms with Crippen molar-refractivity contribution in [1.29, 1.82) is 0 Å². The topological polar surface area (TPSA) is 78.0 Å². The van der Waals surface area contributed by atoms with Crippen LogP contribution >= 0.6 is 23.1 Å². The van der Waals surface area contributed by atoms with Crippen LogP contribution in [0.3, 0.4) is 0 Å². The van der Waals surface area contributed by atoms with Crippen molar-refractivity contribution in [3.05, 3.63) is 6.20 Å². The minimum absolute atomic E-state index is 0.0154. The molecule has 37 heavy (non-hydrogen) atoms. The molecule has 206 valence electrons. The molecule has 0 aromatic carbocycles. The average molecular weight is 550 g/mol. The largest absolute Gasteiger partial charge is 0.377 e. The van der Waals surface area contributed by atoms with Gasteiger partial charge in [-0.05, 0) is 38.5 Å². The van der Waals surface area contributed by atoms with Gasteiger partial charge in [-0.15, -0.1) is 11.8 Å². The van der Waals surface area contributed by atoms with Crippen LogP contribution < -0.4 is 5.32 Å². The van der Waals surface area contributed by atoms with Gasteiger partial charge >= 0.3 is 6.03 Å². The number of aromatic nitrogens is 1. The van der Waals surface area contributed by atoms with Gasteiger partial charge in [0.05, 0.1) is 22.3 Å². The third kappa shape index (κ3) is 7.61. The molecule has 2 aliphatic carbocycles. The van der Waals surface area contributed by atoms with Crippen molar-refractivity contribution in [2.45, 2.75) is 99.4 Å². The summed E-state index contributed by atoms with van der Waals surface area (Å²) in [7, 11) is 0. The average Bonchev–Trinajstić information content (AvgIpc) is 3.61. The van der Waals surface area contributed by atoms with E-state index in [1.165, 1.54) is 68.0 Å². The van der Waals surface area contributed by atoms with Gasteiger partial charge in [0.2, 0.25) is 5.91 Å². The molecule has 8 nitrogen and oxygen atoms in total. The molecule has 2 saturated heterocycles. The second-order valence-electron chi connectivity index (χ2n) is 11.0. The molecule has 10 heteroatoms. The number of hydrogen-bond acceptors (Lipinski definition) is 7. The number of rotatable bonds is 8. The van der Waals surface area contributed by atoms with E-state index >= 15 is 0 Å². The van der Waals surface area contributed by atoms with Crippen molar-refractivity contribution in [1.82, 2.24) is 19.7 Å². The number of hydrogen-bond donors (Lipinski definition) is 1. The zero-order valence-corrected chi connectivity index (χ0v) is 23.7. The van der Waals surface area contributed by atoms with E-state index in [4.69, 9.17) is 4.74 Å². The number of carbonyl (C=O) groups is 2. The second kappa shape index (κ2) is 13.6. The van der Waals surface area contributed by atoms with Gasteiger partial charge in [0.15, 0.2) is 5.13 Å². The number of nitrogens with zero attached hydrogens (tertiary/aromatic N) is 4. The first-order chi connectivity index (χ1) is 18.2. The maximum absolute atomic E-state index is 13.4. The fraction of sp³-hybridized carbons (Fsp3) is 0.815. The van der Waals surface area contributed by atoms with Crippen LogP contribution in [0.1, 0.15) is 77.0 Å². The number of thioether (sulfide) groups is 1. The highest BCUT2D eigenvalue weighted by Crippen LogP contribution is 2.32. The number of amides is 3. The van der Waals surface area contributed by atoms with E-state index in [9.17, 15) is 9.59 Å². The number of urea groups is 1. The Kier molecular flexibility index (Phi) is 10.0. The Hall–Kier alpha value is -1.36. The van der Waals surface area contributed by atoms with Gasteiger partial charge in [-0.25, -0.2) is 9.78 Å². The standard InChI is InChI=1S/C27H43N5O3S2/c33-24(31-15-13-30(14-16-31)19-23-12-7-17-35-23)20-36-25-18-28-26(37-25)29-27(34)32(21-8-3-1-4-9-21)22-10-5-2-6-11-22/h18,21-23H,1-17,19-20H2,(H,28,29,34). The molecule has 1 aromatic rings. The quantitative estimate of drug-likeness (QED) is 0.457. The van der Waals surface area contributed by atoms with E-state index in [0.717, 1.165) is 75.6 Å². The highest BCUT2D eigenvalue weighted by atomic mass is 32.2. The van der Waals surface area contributed by atoms with Crippen LogP contribution in [0.5, 0.6) is 0 Å². The second-order valence-corrected chi connectivity index (χ2v) is 13.3. The molecule has 0 radical (unpaired) electrons. The maximum Gasteiger partial charge on any atom is 0.324 e. The first kappa shape index (κ1) is 27.2. The van der Waals surface area contributed by atoms with Gasteiger partial charge in [0.1, 0.15) is 0 Å². The minimum atomic E-state index is 0.0154. The van der Waals surface area contributed by atoms with Gasteiger partial charge in [0.25, 0.3) is 0 Å². The summed E-state index contributed by atoms with van der Waals surface area (Å²) < 4.78 is 6.73. The van der Waals surface area contributed by atoms with E-state index < -0.39 is 0 Å². The predicted molar refractivity (Wildman–Crippen MR) is 149 cm³/mol. The van der Waals surface area contributed by atoms with E-state index in [2.05, 4.69) is 20.1 Å². The molecule has 1 aromatic heterocycles. The lowest BCUT2D eigenvalue weighted by Crippen LogP contribution is -2.50. The Balaban J connectivity index is 1.08. The fourth-order valence-corrected chi connectivity index (χ4v) is 8.13. The fourth-order valence-electron chi connectivity index (χ4n) is 6.37. The van der Waals surface area contributed by atoms with Gasteiger partial charge < -0.3 is 14.5 Å². The zero-order chi connectivity index (χ0) is 25.5. The van der Waals surface area contributed by atoms with E-state index in [-0.39, 0.29) is 11.9 Å². The summed E-state index contributed by atoms with van der Waals surface area (Å²) in [5.41, 5.74) is 0. The molecular weight excluding hydrogens is 506 g/mol. The number of ether oxygens (including phenoxy) is 1. The predicted octanol–water partition coefficient (Wildman–Crippen LogP) is 5.06. The minimum Gasteiger partial charge on any atom is -0.377 e. The molecule has 3 amide bonds. The third-order valence-corrected chi connectivity index (χ3v) is 10.5. The number of anilines is 1. The molecule has 2 saturated carbocycles. The molecule has 2 aliphatic heterocycles. The third-order valence-electron chi connectivity index (χ3n) is 8.42. The maximum atomic E-state index is 13.4. The highest BCUT2D eigenvalue weighted by molar-refractivity contribution is 8.01. The Morgan fingerprint density at radius 2 is 1.65 bits per heavy atom. The van der Waals surface area contributed by atoms with Gasteiger partial charge in [-0.3, -0.25) is 15.0 Å². The lowest BCUT2D eigenvalue weighted by atomic mass is 9.89. The van der Waals surface area contributed by atoms with Crippen LogP contribution in [0.4, 0.5) is 9.93 Å². The molecule has 3 heterocycles. The summed E-state index contributed by atoms with van der Waals surface area (Å²) in [6, 6.07) is 0.727. The number of piperazine rings is 1. The van der Waals surface area contributed by atoms with Crippen molar-refractivity contribution in [3.8, 4) is 0 Å². The lowest BCUT2D eigenvalue weighted by Gasteiger charge is -2.41. The number of carbonyl (C=O) groups excluding carboxylic acids is 2. The summed E-state index contributed by atoms with van der Waals surface area (Å²) in [5.74, 6) is 0.596. The first-order valence-electron chi connectivity index (χ1n) is 14.5. The van der Waals surface area contributed by atoms with Crippen molar-refractivity contribution in [3.63, 3.8) is 0 Å².